The van der Waals surface area contributed by atoms with E-state index in [1.54, 1.807) is 17.9 Å². The summed E-state index contributed by atoms with van der Waals surface area (Å²) in [6.07, 6.45) is -1.03. The Labute approximate surface area is 239 Å². The number of nitrogens with one attached hydrogen (secondary N) is 1. The SMILES string of the molecule is Cc1c(C(=O)O)cc(NC(=O)OCC2c3ccccc3-c3ccccc32)cc1N1CCN(C(=O)OC(C)(C)C)CC1. The van der Waals surface area contributed by atoms with Gasteiger partial charge in [0.2, 0.25) is 0 Å². The summed E-state index contributed by atoms with van der Waals surface area (Å²) < 4.78 is 11.2. The van der Waals surface area contributed by atoms with E-state index in [2.05, 4.69) is 29.6 Å². The number of nitrogens with zero attached hydrogens (tertiary/aromatic N) is 2. The Morgan fingerprint density at radius 3 is 2.07 bits per heavy atom. The van der Waals surface area contributed by atoms with Crippen LogP contribution in [-0.2, 0) is 9.47 Å². The number of ether oxygens (including phenoxy) is 2. The van der Waals surface area contributed by atoms with Crippen molar-refractivity contribution in [2.45, 2.75) is 39.2 Å². The highest BCUT2D eigenvalue weighted by Gasteiger charge is 2.30. The summed E-state index contributed by atoms with van der Waals surface area (Å²) in [5.74, 6) is -1.18. The monoisotopic (exact) mass is 557 g/mol. The van der Waals surface area contributed by atoms with E-state index in [1.807, 2.05) is 49.9 Å². The summed E-state index contributed by atoms with van der Waals surface area (Å²) in [6.45, 7) is 9.22. The summed E-state index contributed by atoms with van der Waals surface area (Å²) in [6, 6.07) is 19.4. The molecule has 0 radical (unpaired) electrons. The highest BCUT2D eigenvalue weighted by atomic mass is 16.6. The molecule has 2 N–H and O–H groups in total. The van der Waals surface area contributed by atoms with E-state index in [0.717, 1.165) is 22.3 Å². The minimum Gasteiger partial charge on any atom is -0.478 e. The third-order valence-corrected chi connectivity index (χ3v) is 7.47. The molecule has 2 aliphatic rings. The van der Waals surface area contributed by atoms with E-state index < -0.39 is 17.7 Å². The van der Waals surface area contributed by atoms with Gasteiger partial charge in [0, 0.05) is 43.5 Å². The normalized spacial score (nSPS) is 14.7. The molecule has 5 rings (SSSR count). The molecule has 0 saturated carbocycles. The fourth-order valence-electron chi connectivity index (χ4n) is 5.53. The summed E-state index contributed by atoms with van der Waals surface area (Å²) >= 11 is 0. The lowest BCUT2D eigenvalue weighted by atomic mass is 9.98. The number of hydrogen-bond donors (Lipinski definition) is 2. The quantitative estimate of drug-likeness (QED) is 0.390. The lowest BCUT2D eigenvalue weighted by Crippen LogP contribution is -2.50. The Morgan fingerprint density at radius 2 is 1.51 bits per heavy atom. The summed E-state index contributed by atoms with van der Waals surface area (Å²) in [5, 5.41) is 12.6. The first-order chi connectivity index (χ1) is 19.5. The van der Waals surface area contributed by atoms with Crippen LogP contribution in [0.25, 0.3) is 11.1 Å². The number of carboxylic acid groups (broad SMARTS) is 1. The number of anilines is 2. The van der Waals surface area contributed by atoms with Gasteiger partial charge in [-0.05, 0) is 67.6 Å². The molecule has 3 aromatic rings. The van der Waals surface area contributed by atoms with Crippen molar-refractivity contribution in [1.29, 1.82) is 0 Å². The Bertz CT molecular complexity index is 1440. The molecule has 1 aliphatic heterocycles. The second-order valence-corrected chi connectivity index (χ2v) is 11.4. The number of carbonyl (C=O) groups excluding carboxylic acids is 2. The van der Waals surface area contributed by atoms with Crippen LogP contribution < -0.4 is 10.2 Å². The van der Waals surface area contributed by atoms with Gasteiger partial charge >= 0.3 is 18.2 Å². The van der Waals surface area contributed by atoms with Crippen LogP contribution in [0.5, 0.6) is 0 Å². The van der Waals surface area contributed by atoms with Gasteiger partial charge in [-0.25, -0.2) is 14.4 Å². The van der Waals surface area contributed by atoms with Gasteiger partial charge in [-0.1, -0.05) is 48.5 Å². The van der Waals surface area contributed by atoms with Gasteiger partial charge in [0.1, 0.15) is 12.2 Å². The van der Waals surface area contributed by atoms with Crippen LogP contribution in [0.4, 0.5) is 21.0 Å². The maximum atomic E-state index is 12.9. The van der Waals surface area contributed by atoms with Crippen LogP contribution in [0.3, 0.4) is 0 Å². The standard InChI is InChI=1S/C32H35N3O6/c1-20-26(29(36)37)17-21(18-28(20)34-13-15-35(16-14-34)31(39)41-32(2,3)4)33-30(38)40-19-27-24-11-7-5-9-22(24)23-10-6-8-12-25(23)27/h5-12,17-18,27H,13-16,19H2,1-4H3,(H,33,38)(H,36,37). The zero-order chi connectivity index (χ0) is 29.3. The maximum Gasteiger partial charge on any atom is 0.411 e. The zero-order valence-electron chi connectivity index (χ0n) is 23.8. The first-order valence-electron chi connectivity index (χ1n) is 13.7. The molecule has 41 heavy (non-hydrogen) atoms. The third-order valence-electron chi connectivity index (χ3n) is 7.47. The largest absolute Gasteiger partial charge is 0.478 e. The molecule has 1 saturated heterocycles. The van der Waals surface area contributed by atoms with Crippen LogP contribution >= 0.6 is 0 Å². The van der Waals surface area contributed by atoms with Crippen molar-refractivity contribution in [2.24, 2.45) is 0 Å². The van der Waals surface area contributed by atoms with Crippen molar-refractivity contribution < 1.29 is 29.0 Å². The number of fused-ring (bicyclic) bond motifs is 3. The van der Waals surface area contributed by atoms with Crippen LogP contribution in [0.15, 0.2) is 60.7 Å². The summed E-state index contributed by atoms with van der Waals surface area (Å²) in [5.41, 5.74) is 5.59. The average molecular weight is 558 g/mol. The number of piperazine rings is 1. The zero-order valence-corrected chi connectivity index (χ0v) is 23.8. The van der Waals surface area contributed by atoms with E-state index in [9.17, 15) is 19.5 Å². The van der Waals surface area contributed by atoms with Crippen LogP contribution in [0.2, 0.25) is 0 Å². The molecule has 2 amide bonds. The minimum absolute atomic E-state index is 0.0856. The number of carboxylic acids is 1. The molecule has 0 unspecified atom stereocenters. The maximum absolute atomic E-state index is 12.9. The summed E-state index contributed by atoms with van der Waals surface area (Å²) in [4.78, 5) is 41.1. The topological polar surface area (TPSA) is 108 Å². The lowest BCUT2D eigenvalue weighted by molar-refractivity contribution is 0.0240. The highest BCUT2D eigenvalue weighted by molar-refractivity contribution is 5.95. The molecular weight excluding hydrogens is 522 g/mol. The minimum atomic E-state index is -1.09. The van der Waals surface area contributed by atoms with E-state index >= 15 is 0 Å². The molecule has 0 bridgehead atoms. The molecule has 1 heterocycles. The number of rotatable bonds is 5. The molecular formula is C32H35N3O6. The molecule has 0 spiro atoms. The molecule has 0 aromatic heterocycles. The fourth-order valence-corrected chi connectivity index (χ4v) is 5.53. The smallest absolute Gasteiger partial charge is 0.411 e. The molecule has 1 aliphatic carbocycles. The predicted octanol–water partition coefficient (Wildman–Crippen LogP) is 6.11. The first kappa shape index (κ1) is 28.0. The van der Waals surface area contributed by atoms with Gasteiger partial charge in [0.15, 0.2) is 0 Å². The van der Waals surface area contributed by atoms with Gasteiger partial charge in [0.05, 0.1) is 5.56 Å². The van der Waals surface area contributed by atoms with Crippen molar-refractivity contribution in [1.82, 2.24) is 4.90 Å². The van der Waals surface area contributed by atoms with Crippen LogP contribution in [0.1, 0.15) is 53.7 Å². The van der Waals surface area contributed by atoms with Crippen LogP contribution in [-0.4, -0.2) is 66.5 Å². The lowest BCUT2D eigenvalue weighted by Gasteiger charge is -2.37. The third kappa shape index (κ3) is 5.99. The van der Waals surface area contributed by atoms with E-state index in [0.29, 0.717) is 43.1 Å². The number of aromatic carboxylic acids is 1. The van der Waals surface area contributed by atoms with Crippen molar-refractivity contribution in [3.8, 4) is 11.1 Å². The first-order valence-corrected chi connectivity index (χ1v) is 13.7. The van der Waals surface area contributed by atoms with Gasteiger partial charge in [-0.3, -0.25) is 5.32 Å². The Kier molecular flexibility index (Phi) is 7.62. The van der Waals surface area contributed by atoms with Gasteiger partial charge < -0.3 is 24.4 Å². The number of amides is 2. The molecule has 9 nitrogen and oxygen atoms in total. The van der Waals surface area contributed by atoms with Crippen molar-refractivity contribution >= 4 is 29.5 Å². The van der Waals surface area contributed by atoms with Gasteiger partial charge in [-0.15, -0.1) is 0 Å². The van der Waals surface area contributed by atoms with E-state index in [4.69, 9.17) is 9.47 Å². The van der Waals surface area contributed by atoms with Crippen molar-refractivity contribution in [3.05, 3.63) is 82.9 Å². The second-order valence-electron chi connectivity index (χ2n) is 11.4. The molecule has 1 fully saturated rings. The molecule has 9 heteroatoms. The number of carbonyl (C=O) groups is 3. The number of hydrogen-bond acceptors (Lipinski definition) is 6. The predicted molar refractivity (Wildman–Crippen MR) is 157 cm³/mol. The molecule has 214 valence electrons. The van der Waals surface area contributed by atoms with Crippen LogP contribution in [0, 0.1) is 6.92 Å². The van der Waals surface area contributed by atoms with Crippen molar-refractivity contribution in [2.75, 3.05) is 43.0 Å². The number of benzene rings is 3. The highest BCUT2D eigenvalue weighted by Crippen LogP contribution is 2.44. The van der Waals surface area contributed by atoms with Gasteiger partial charge in [0.25, 0.3) is 0 Å². The van der Waals surface area contributed by atoms with Gasteiger partial charge in [-0.2, -0.15) is 0 Å². The van der Waals surface area contributed by atoms with Crippen molar-refractivity contribution in [3.63, 3.8) is 0 Å². The molecule has 0 atom stereocenters. The Hall–Kier alpha value is -4.53. The Balaban J connectivity index is 1.28. The van der Waals surface area contributed by atoms with E-state index in [1.165, 1.54) is 6.07 Å². The average Bonchev–Trinajstić information content (AvgIpc) is 3.25. The fraction of sp³-hybridized carbons (Fsp3) is 0.344. The Morgan fingerprint density at radius 1 is 0.927 bits per heavy atom. The second kappa shape index (κ2) is 11.2. The molecule has 3 aromatic carbocycles. The van der Waals surface area contributed by atoms with E-state index in [-0.39, 0.29) is 24.2 Å². The summed E-state index contributed by atoms with van der Waals surface area (Å²) in [7, 11) is 0.